The van der Waals surface area contributed by atoms with Crippen LogP contribution in [0.1, 0.15) is 61.2 Å². The van der Waals surface area contributed by atoms with Gasteiger partial charge in [-0.15, -0.1) is 0 Å². The average Bonchev–Trinajstić information content (AvgIpc) is 2.67. The molecule has 0 saturated heterocycles. The topological polar surface area (TPSA) is 52.6 Å². The molecule has 0 spiro atoms. The van der Waals surface area contributed by atoms with Crippen molar-refractivity contribution in [1.29, 1.82) is 0 Å². The highest BCUT2D eigenvalue weighted by molar-refractivity contribution is 6.09. The summed E-state index contributed by atoms with van der Waals surface area (Å²) in [7, 11) is 0. The lowest BCUT2D eigenvalue weighted by atomic mass is 9.79. The smallest absolute Gasteiger partial charge is 0.331 e. The van der Waals surface area contributed by atoms with Crippen LogP contribution in [0.2, 0.25) is 0 Å². The minimum atomic E-state index is -0.362. The third-order valence-electron chi connectivity index (χ3n) is 5.18. The van der Waals surface area contributed by atoms with Gasteiger partial charge in [0.05, 0.1) is 13.2 Å². The maximum atomic E-state index is 13.0. The summed E-state index contributed by atoms with van der Waals surface area (Å²) < 4.78 is 10.7. The van der Waals surface area contributed by atoms with Crippen LogP contribution in [0.25, 0.3) is 5.57 Å². The molecule has 0 aromatic heterocycles. The molecule has 4 nitrogen and oxygen atoms in total. The second kappa shape index (κ2) is 8.01. The average molecular weight is 378 g/mol. The SMILES string of the molecule is CCOC(=O)C=C(C)c1ccc(C(=O)c2ccc3c(c2)C(C)(C)CCO3)cc1. The lowest BCUT2D eigenvalue weighted by Crippen LogP contribution is -2.27. The van der Waals surface area contributed by atoms with Gasteiger partial charge in [0.25, 0.3) is 0 Å². The second-order valence-corrected chi connectivity index (χ2v) is 7.68. The van der Waals surface area contributed by atoms with Gasteiger partial charge in [-0.2, -0.15) is 0 Å². The molecule has 2 aromatic carbocycles. The molecule has 1 aliphatic heterocycles. The molecule has 2 aromatic rings. The van der Waals surface area contributed by atoms with E-state index in [-0.39, 0.29) is 17.2 Å². The number of carbonyl (C=O) groups excluding carboxylic acids is 2. The fraction of sp³-hybridized carbons (Fsp3) is 0.333. The van der Waals surface area contributed by atoms with Gasteiger partial charge in [-0.25, -0.2) is 4.79 Å². The van der Waals surface area contributed by atoms with Crippen LogP contribution in [0.3, 0.4) is 0 Å². The summed E-state index contributed by atoms with van der Waals surface area (Å²) in [5, 5.41) is 0. The van der Waals surface area contributed by atoms with Gasteiger partial charge in [0.2, 0.25) is 0 Å². The molecule has 0 saturated carbocycles. The summed E-state index contributed by atoms with van der Waals surface area (Å²) in [4.78, 5) is 24.6. The van der Waals surface area contributed by atoms with Crippen molar-refractivity contribution in [3.63, 3.8) is 0 Å². The molecular weight excluding hydrogens is 352 g/mol. The van der Waals surface area contributed by atoms with Crippen LogP contribution in [0.15, 0.2) is 48.5 Å². The number of benzene rings is 2. The van der Waals surface area contributed by atoms with E-state index in [2.05, 4.69) is 13.8 Å². The molecular formula is C24H26O4. The fourth-order valence-electron chi connectivity index (χ4n) is 3.37. The molecule has 4 heteroatoms. The van der Waals surface area contributed by atoms with E-state index in [9.17, 15) is 9.59 Å². The van der Waals surface area contributed by atoms with Gasteiger partial charge in [0.15, 0.2) is 5.78 Å². The van der Waals surface area contributed by atoms with Gasteiger partial charge in [0, 0.05) is 22.8 Å². The first-order chi connectivity index (χ1) is 13.3. The standard InChI is InChI=1S/C24H26O4/c1-5-27-22(25)14-16(2)17-6-8-18(9-7-17)23(26)19-10-11-21-20(15-19)24(3,4)12-13-28-21/h6-11,14-15H,5,12-13H2,1-4H3. The molecule has 28 heavy (non-hydrogen) atoms. The third-order valence-corrected chi connectivity index (χ3v) is 5.18. The van der Waals surface area contributed by atoms with Crippen LogP contribution in [0, 0.1) is 0 Å². The van der Waals surface area contributed by atoms with Crippen molar-refractivity contribution in [3.05, 3.63) is 70.8 Å². The number of hydrogen-bond donors (Lipinski definition) is 0. The Morgan fingerprint density at radius 1 is 1.07 bits per heavy atom. The summed E-state index contributed by atoms with van der Waals surface area (Å²) in [6.07, 6.45) is 2.39. The van der Waals surface area contributed by atoms with Crippen LogP contribution in [0.4, 0.5) is 0 Å². The molecule has 0 bridgehead atoms. The lowest BCUT2D eigenvalue weighted by molar-refractivity contribution is -0.137. The fourth-order valence-corrected chi connectivity index (χ4v) is 3.37. The van der Waals surface area contributed by atoms with Gasteiger partial charge < -0.3 is 9.47 Å². The molecule has 3 rings (SSSR count). The Morgan fingerprint density at radius 2 is 1.71 bits per heavy atom. The molecule has 0 unspecified atom stereocenters. The van der Waals surface area contributed by atoms with E-state index in [1.165, 1.54) is 6.08 Å². The van der Waals surface area contributed by atoms with Crippen LogP contribution in [0.5, 0.6) is 5.75 Å². The van der Waals surface area contributed by atoms with Crippen molar-refractivity contribution >= 4 is 17.3 Å². The first-order valence-corrected chi connectivity index (χ1v) is 9.59. The summed E-state index contributed by atoms with van der Waals surface area (Å²) in [6.45, 7) is 9.02. The number of allylic oxidation sites excluding steroid dienone is 1. The zero-order valence-corrected chi connectivity index (χ0v) is 16.9. The van der Waals surface area contributed by atoms with Crippen molar-refractivity contribution in [1.82, 2.24) is 0 Å². The van der Waals surface area contributed by atoms with Crippen LogP contribution < -0.4 is 4.74 Å². The Hall–Kier alpha value is -2.88. The van der Waals surface area contributed by atoms with Gasteiger partial charge >= 0.3 is 5.97 Å². The molecule has 0 N–H and O–H groups in total. The predicted octanol–water partition coefficient (Wildman–Crippen LogP) is 4.94. The van der Waals surface area contributed by atoms with Gasteiger partial charge in [-0.1, -0.05) is 38.1 Å². The first kappa shape index (κ1) is 19.9. The molecule has 146 valence electrons. The van der Waals surface area contributed by atoms with Gasteiger partial charge in [0.1, 0.15) is 5.75 Å². The summed E-state index contributed by atoms with van der Waals surface area (Å²) in [6, 6.07) is 13.0. The molecule has 1 heterocycles. The van der Waals surface area contributed by atoms with Crippen molar-refractivity contribution in [2.24, 2.45) is 0 Å². The monoisotopic (exact) mass is 378 g/mol. The highest BCUT2D eigenvalue weighted by Gasteiger charge is 2.29. The summed E-state index contributed by atoms with van der Waals surface area (Å²) >= 11 is 0. The van der Waals surface area contributed by atoms with Crippen molar-refractivity contribution < 1.29 is 19.1 Å². The Bertz CT molecular complexity index is 920. The number of ketones is 1. The normalized spacial score (nSPS) is 15.4. The molecule has 0 radical (unpaired) electrons. The summed E-state index contributed by atoms with van der Waals surface area (Å²) in [5.41, 5.74) is 4.01. The number of fused-ring (bicyclic) bond motifs is 1. The highest BCUT2D eigenvalue weighted by atomic mass is 16.5. The predicted molar refractivity (Wildman–Crippen MR) is 110 cm³/mol. The number of esters is 1. The zero-order chi connectivity index (χ0) is 20.3. The van der Waals surface area contributed by atoms with E-state index in [1.54, 1.807) is 19.1 Å². The van der Waals surface area contributed by atoms with Crippen molar-refractivity contribution in [2.75, 3.05) is 13.2 Å². The quantitative estimate of drug-likeness (QED) is 0.420. The lowest BCUT2D eigenvalue weighted by Gasteiger charge is -2.32. The van der Waals surface area contributed by atoms with Crippen LogP contribution >= 0.6 is 0 Å². The van der Waals surface area contributed by atoms with Crippen LogP contribution in [-0.4, -0.2) is 25.0 Å². The maximum Gasteiger partial charge on any atom is 0.331 e. The number of ether oxygens (including phenoxy) is 2. The molecule has 0 amide bonds. The Balaban J connectivity index is 1.83. The van der Waals surface area contributed by atoms with Crippen molar-refractivity contribution in [3.8, 4) is 5.75 Å². The van der Waals surface area contributed by atoms with E-state index >= 15 is 0 Å². The Kier molecular flexibility index (Phi) is 5.68. The van der Waals surface area contributed by atoms with Crippen molar-refractivity contribution in [2.45, 2.75) is 39.5 Å². The maximum absolute atomic E-state index is 13.0. The van der Waals surface area contributed by atoms with E-state index < -0.39 is 0 Å². The first-order valence-electron chi connectivity index (χ1n) is 9.59. The minimum absolute atomic E-state index is 0.0112. The minimum Gasteiger partial charge on any atom is -0.493 e. The number of carbonyl (C=O) groups is 2. The molecule has 0 atom stereocenters. The zero-order valence-electron chi connectivity index (χ0n) is 16.9. The number of hydrogen-bond acceptors (Lipinski definition) is 4. The van der Waals surface area contributed by atoms with Crippen LogP contribution in [-0.2, 0) is 14.9 Å². The molecule has 1 aliphatic rings. The Morgan fingerprint density at radius 3 is 2.39 bits per heavy atom. The largest absolute Gasteiger partial charge is 0.493 e. The Labute approximate surface area is 166 Å². The molecule has 0 fully saturated rings. The van der Waals surface area contributed by atoms with E-state index in [0.717, 1.165) is 28.9 Å². The number of rotatable bonds is 5. The van der Waals surface area contributed by atoms with Gasteiger partial charge in [-0.05, 0) is 55.0 Å². The van der Waals surface area contributed by atoms with E-state index in [0.29, 0.717) is 24.3 Å². The highest BCUT2D eigenvalue weighted by Crippen LogP contribution is 2.39. The van der Waals surface area contributed by atoms with Gasteiger partial charge in [-0.3, -0.25) is 4.79 Å². The third kappa shape index (κ3) is 4.16. The van der Waals surface area contributed by atoms with E-state index in [4.69, 9.17) is 9.47 Å². The van der Waals surface area contributed by atoms with E-state index in [1.807, 2.05) is 37.3 Å². The summed E-state index contributed by atoms with van der Waals surface area (Å²) in [5.74, 6) is 0.477. The second-order valence-electron chi connectivity index (χ2n) is 7.68. The molecule has 0 aliphatic carbocycles.